The highest BCUT2D eigenvalue weighted by Crippen LogP contribution is 2.37. The molecule has 6 aromatic carbocycles. The first-order valence-electron chi connectivity index (χ1n) is 15.7. The lowest BCUT2D eigenvalue weighted by atomic mass is 9.94. The van der Waals surface area contributed by atoms with Gasteiger partial charge < -0.3 is 4.42 Å². The quantitative estimate of drug-likeness (QED) is 0.197. The Hall–Kier alpha value is -6.39. The van der Waals surface area contributed by atoms with Crippen molar-refractivity contribution in [2.75, 3.05) is 0 Å². The van der Waals surface area contributed by atoms with Crippen LogP contribution in [0, 0.1) is 0 Å². The molecule has 3 heterocycles. The Morgan fingerprint density at radius 1 is 0.362 bits per heavy atom. The fraction of sp³-hybridized carbons (Fsp3) is 0. The molecule has 9 aromatic rings. The molecular formula is C43H27N3O. The van der Waals surface area contributed by atoms with Crippen molar-refractivity contribution in [2.45, 2.75) is 0 Å². The van der Waals surface area contributed by atoms with E-state index in [0.29, 0.717) is 5.82 Å². The Balaban J connectivity index is 1.26. The minimum atomic E-state index is 0.678. The van der Waals surface area contributed by atoms with Gasteiger partial charge in [0.15, 0.2) is 5.82 Å². The number of fused-ring (bicyclic) bond motifs is 4. The van der Waals surface area contributed by atoms with Gasteiger partial charge in [0.2, 0.25) is 0 Å². The SMILES string of the molecule is c1ccc(-c2nc(-c3cc(-c4ccncc4)cc(-c4ccc5ccccc5c4)c3)cc(-c3ccc4oc5ccccc5c4c3)n2)cc1. The van der Waals surface area contributed by atoms with Crippen LogP contribution in [0.4, 0.5) is 0 Å². The molecule has 0 N–H and O–H groups in total. The van der Waals surface area contributed by atoms with Crippen molar-refractivity contribution >= 4 is 32.7 Å². The molecule has 0 radical (unpaired) electrons. The summed E-state index contributed by atoms with van der Waals surface area (Å²) < 4.78 is 6.13. The van der Waals surface area contributed by atoms with Crippen LogP contribution in [0.2, 0.25) is 0 Å². The molecule has 4 heteroatoms. The molecule has 0 aliphatic heterocycles. The normalized spacial score (nSPS) is 11.4. The van der Waals surface area contributed by atoms with Gasteiger partial charge in [-0.05, 0) is 99.8 Å². The van der Waals surface area contributed by atoms with E-state index in [1.807, 2.05) is 54.9 Å². The molecule has 47 heavy (non-hydrogen) atoms. The van der Waals surface area contributed by atoms with Crippen molar-refractivity contribution in [2.24, 2.45) is 0 Å². The van der Waals surface area contributed by atoms with E-state index in [-0.39, 0.29) is 0 Å². The number of aromatic nitrogens is 3. The molecule has 0 saturated carbocycles. The number of rotatable bonds is 5. The van der Waals surface area contributed by atoms with E-state index in [2.05, 4.69) is 114 Å². The van der Waals surface area contributed by atoms with Crippen LogP contribution in [-0.4, -0.2) is 15.0 Å². The summed E-state index contributed by atoms with van der Waals surface area (Å²) >= 11 is 0. The van der Waals surface area contributed by atoms with E-state index in [1.54, 1.807) is 0 Å². The van der Waals surface area contributed by atoms with Crippen LogP contribution in [0.25, 0.3) is 88.9 Å². The first-order chi connectivity index (χ1) is 23.2. The molecule has 0 fully saturated rings. The molecular weight excluding hydrogens is 574 g/mol. The van der Waals surface area contributed by atoms with Crippen molar-refractivity contribution in [1.82, 2.24) is 15.0 Å². The minimum Gasteiger partial charge on any atom is -0.456 e. The minimum absolute atomic E-state index is 0.678. The molecule has 0 saturated heterocycles. The van der Waals surface area contributed by atoms with Crippen LogP contribution in [0.1, 0.15) is 0 Å². The third-order valence-electron chi connectivity index (χ3n) is 8.76. The number of hydrogen-bond acceptors (Lipinski definition) is 4. The van der Waals surface area contributed by atoms with Crippen molar-refractivity contribution in [3.8, 4) is 56.2 Å². The molecule has 220 valence electrons. The summed E-state index contributed by atoms with van der Waals surface area (Å²) in [5, 5.41) is 4.58. The Bertz CT molecular complexity index is 2570. The fourth-order valence-electron chi connectivity index (χ4n) is 6.37. The highest BCUT2D eigenvalue weighted by Gasteiger charge is 2.15. The maximum Gasteiger partial charge on any atom is 0.160 e. The van der Waals surface area contributed by atoms with Gasteiger partial charge in [-0.3, -0.25) is 4.98 Å². The summed E-state index contributed by atoms with van der Waals surface area (Å²) in [6, 6.07) is 52.7. The lowest BCUT2D eigenvalue weighted by Crippen LogP contribution is -1.96. The van der Waals surface area contributed by atoms with Crippen LogP contribution < -0.4 is 0 Å². The van der Waals surface area contributed by atoms with Gasteiger partial charge in [-0.2, -0.15) is 0 Å². The highest BCUT2D eigenvalue weighted by atomic mass is 16.3. The van der Waals surface area contributed by atoms with Gasteiger partial charge >= 0.3 is 0 Å². The first kappa shape index (κ1) is 27.0. The van der Waals surface area contributed by atoms with Gasteiger partial charge in [-0.25, -0.2) is 9.97 Å². The second-order valence-electron chi connectivity index (χ2n) is 11.7. The molecule has 0 amide bonds. The molecule has 4 nitrogen and oxygen atoms in total. The van der Waals surface area contributed by atoms with Gasteiger partial charge in [0.25, 0.3) is 0 Å². The first-order valence-corrected chi connectivity index (χ1v) is 15.7. The third kappa shape index (κ3) is 5.02. The largest absolute Gasteiger partial charge is 0.456 e. The second kappa shape index (κ2) is 11.2. The van der Waals surface area contributed by atoms with Gasteiger partial charge in [-0.15, -0.1) is 0 Å². The standard InChI is InChI=1S/C43H27N3O/c1-2-9-30(10-3-1)43-45-39(33-16-17-42-38(26-33)37-12-6-7-13-41(37)47-42)27-40(46-43)36-24-34(29-18-20-44-21-19-29)23-35(25-36)32-15-14-28-8-4-5-11-31(28)22-32/h1-27H. The summed E-state index contributed by atoms with van der Waals surface area (Å²) in [6.45, 7) is 0. The Labute approximate surface area is 271 Å². The Morgan fingerprint density at radius 2 is 1.02 bits per heavy atom. The van der Waals surface area contributed by atoms with Crippen molar-refractivity contribution in [1.29, 1.82) is 0 Å². The summed E-state index contributed by atoms with van der Waals surface area (Å²) in [6.07, 6.45) is 3.67. The number of hydrogen-bond donors (Lipinski definition) is 0. The predicted molar refractivity (Wildman–Crippen MR) is 192 cm³/mol. The smallest absolute Gasteiger partial charge is 0.160 e. The topological polar surface area (TPSA) is 51.8 Å². The highest BCUT2D eigenvalue weighted by molar-refractivity contribution is 6.06. The molecule has 9 rings (SSSR count). The van der Waals surface area contributed by atoms with Crippen molar-refractivity contribution < 1.29 is 4.42 Å². The zero-order valence-electron chi connectivity index (χ0n) is 25.3. The maximum absolute atomic E-state index is 6.13. The second-order valence-corrected chi connectivity index (χ2v) is 11.7. The Kier molecular flexibility index (Phi) is 6.43. The lowest BCUT2D eigenvalue weighted by molar-refractivity contribution is 0.669. The van der Waals surface area contributed by atoms with E-state index in [0.717, 1.165) is 72.3 Å². The van der Waals surface area contributed by atoms with Crippen molar-refractivity contribution in [3.63, 3.8) is 0 Å². The molecule has 0 aliphatic carbocycles. The van der Waals surface area contributed by atoms with E-state index in [9.17, 15) is 0 Å². The maximum atomic E-state index is 6.13. The van der Waals surface area contributed by atoms with E-state index < -0.39 is 0 Å². The number of nitrogens with zero attached hydrogens (tertiary/aromatic N) is 3. The van der Waals surface area contributed by atoms with Crippen molar-refractivity contribution in [3.05, 3.63) is 164 Å². The van der Waals surface area contributed by atoms with Crippen LogP contribution in [0.5, 0.6) is 0 Å². The lowest BCUT2D eigenvalue weighted by Gasteiger charge is -2.13. The number of furan rings is 1. The predicted octanol–water partition coefficient (Wildman–Crippen LogP) is 11.3. The fourth-order valence-corrected chi connectivity index (χ4v) is 6.37. The number of para-hydroxylation sites is 1. The van der Waals surface area contributed by atoms with Crippen LogP contribution >= 0.6 is 0 Å². The van der Waals surface area contributed by atoms with E-state index >= 15 is 0 Å². The van der Waals surface area contributed by atoms with Gasteiger partial charge in [0, 0.05) is 39.9 Å². The average molecular weight is 602 g/mol. The summed E-state index contributed by atoms with van der Waals surface area (Å²) in [5.41, 5.74) is 10.9. The molecule has 0 unspecified atom stereocenters. The van der Waals surface area contributed by atoms with Crippen LogP contribution in [-0.2, 0) is 0 Å². The number of benzene rings is 6. The van der Waals surface area contributed by atoms with E-state index in [4.69, 9.17) is 14.4 Å². The zero-order valence-corrected chi connectivity index (χ0v) is 25.3. The van der Waals surface area contributed by atoms with Gasteiger partial charge in [-0.1, -0.05) is 84.9 Å². The summed E-state index contributed by atoms with van der Waals surface area (Å²) in [4.78, 5) is 14.6. The molecule has 0 spiro atoms. The molecule has 3 aromatic heterocycles. The monoisotopic (exact) mass is 601 g/mol. The molecule has 0 bridgehead atoms. The molecule has 0 atom stereocenters. The van der Waals surface area contributed by atoms with E-state index in [1.165, 1.54) is 10.8 Å². The summed E-state index contributed by atoms with van der Waals surface area (Å²) in [7, 11) is 0. The number of pyridine rings is 1. The molecule has 0 aliphatic rings. The average Bonchev–Trinajstić information content (AvgIpc) is 3.53. The zero-order chi connectivity index (χ0) is 31.2. The summed E-state index contributed by atoms with van der Waals surface area (Å²) in [5.74, 6) is 0.678. The van der Waals surface area contributed by atoms with Gasteiger partial charge in [0.1, 0.15) is 11.2 Å². The Morgan fingerprint density at radius 3 is 1.87 bits per heavy atom. The van der Waals surface area contributed by atoms with Crippen LogP contribution in [0.15, 0.2) is 168 Å². The third-order valence-corrected chi connectivity index (χ3v) is 8.76. The van der Waals surface area contributed by atoms with Crippen LogP contribution in [0.3, 0.4) is 0 Å². The van der Waals surface area contributed by atoms with Gasteiger partial charge in [0.05, 0.1) is 11.4 Å².